The molecule has 0 spiro atoms. The van der Waals surface area contributed by atoms with Crippen molar-refractivity contribution in [1.82, 2.24) is 4.57 Å². The van der Waals surface area contributed by atoms with Crippen molar-refractivity contribution in [2.24, 2.45) is 0 Å². The van der Waals surface area contributed by atoms with Crippen molar-refractivity contribution in [3.05, 3.63) is 218 Å². The highest BCUT2D eigenvalue weighted by molar-refractivity contribution is 6.30. The van der Waals surface area contributed by atoms with Crippen molar-refractivity contribution in [1.29, 1.82) is 0 Å². The largest absolute Gasteiger partial charge is 0.456 e. The van der Waals surface area contributed by atoms with Gasteiger partial charge < -0.3 is 13.9 Å². The van der Waals surface area contributed by atoms with Gasteiger partial charge in [-0.15, -0.1) is 0 Å². The molecule has 9 aromatic carbocycles. The zero-order chi connectivity index (χ0) is 37.7. The van der Waals surface area contributed by atoms with E-state index in [1.54, 1.807) is 0 Å². The smallest absolute Gasteiger partial charge is 0.136 e. The highest BCUT2D eigenvalue weighted by Gasteiger charge is 2.23. The average Bonchev–Trinajstić information content (AvgIpc) is 3.84. The maximum absolute atomic E-state index is 6.68. The third-order valence-electron chi connectivity index (χ3n) is 11.2. The van der Waals surface area contributed by atoms with E-state index >= 15 is 0 Å². The molecular formula is C54H36N2O. The Labute approximate surface area is 330 Å². The number of hydrogen-bond donors (Lipinski definition) is 0. The van der Waals surface area contributed by atoms with Crippen LogP contribution in [0, 0.1) is 0 Å². The van der Waals surface area contributed by atoms with Crippen molar-refractivity contribution >= 4 is 60.8 Å². The summed E-state index contributed by atoms with van der Waals surface area (Å²) < 4.78 is 9.11. The molecule has 0 fully saturated rings. The molecule has 2 aromatic heterocycles. The number of rotatable bonds is 7. The summed E-state index contributed by atoms with van der Waals surface area (Å²) in [5, 5.41) is 4.66. The number of nitrogens with zero attached hydrogens (tertiary/aromatic N) is 2. The van der Waals surface area contributed by atoms with E-state index in [1.807, 2.05) is 6.07 Å². The van der Waals surface area contributed by atoms with Crippen molar-refractivity contribution < 1.29 is 4.42 Å². The topological polar surface area (TPSA) is 21.3 Å². The molecule has 3 heteroatoms. The highest BCUT2D eigenvalue weighted by atomic mass is 16.3. The van der Waals surface area contributed by atoms with Gasteiger partial charge in [-0.25, -0.2) is 0 Å². The number of hydrogen-bond acceptors (Lipinski definition) is 2. The van der Waals surface area contributed by atoms with Gasteiger partial charge in [0.1, 0.15) is 11.2 Å². The molecular weight excluding hydrogens is 693 g/mol. The van der Waals surface area contributed by atoms with E-state index in [1.165, 1.54) is 33.0 Å². The summed E-state index contributed by atoms with van der Waals surface area (Å²) in [5.41, 5.74) is 15.4. The molecule has 0 N–H and O–H groups in total. The molecule has 2 heterocycles. The number of para-hydroxylation sites is 3. The monoisotopic (exact) mass is 728 g/mol. The van der Waals surface area contributed by atoms with Crippen LogP contribution in [0.1, 0.15) is 0 Å². The van der Waals surface area contributed by atoms with Gasteiger partial charge in [-0.1, -0.05) is 152 Å². The summed E-state index contributed by atoms with van der Waals surface area (Å²) in [4.78, 5) is 2.36. The maximum atomic E-state index is 6.68. The molecule has 0 aliphatic carbocycles. The van der Waals surface area contributed by atoms with Crippen LogP contribution in [0.3, 0.4) is 0 Å². The Hall–Kier alpha value is -7.62. The van der Waals surface area contributed by atoms with Gasteiger partial charge in [-0.3, -0.25) is 0 Å². The molecule has 0 amide bonds. The van der Waals surface area contributed by atoms with Gasteiger partial charge in [0, 0.05) is 49.9 Å². The summed E-state index contributed by atoms with van der Waals surface area (Å²) >= 11 is 0. The number of benzene rings is 9. The second-order valence-electron chi connectivity index (χ2n) is 14.5. The Morgan fingerprint density at radius 2 is 0.877 bits per heavy atom. The lowest BCUT2D eigenvalue weighted by molar-refractivity contribution is 0.669. The fourth-order valence-electron chi connectivity index (χ4n) is 8.56. The predicted octanol–water partition coefficient (Wildman–Crippen LogP) is 15.2. The first-order valence-corrected chi connectivity index (χ1v) is 19.4. The summed E-state index contributed by atoms with van der Waals surface area (Å²) in [6.07, 6.45) is 0. The van der Waals surface area contributed by atoms with Crippen molar-refractivity contribution in [3.63, 3.8) is 0 Å². The van der Waals surface area contributed by atoms with E-state index in [0.717, 1.165) is 66.8 Å². The Kier molecular flexibility index (Phi) is 7.82. The van der Waals surface area contributed by atoms with E-state index in [0.29, 0.717) is 0 Å². The SMILES string of the molecule is c1ccc(-c2ccc(N(c3ccc(-c4ccccc4)cc3)c3cccc(-c4cc5oc6ccccc6c5c5c6ccccc6n(-c6ccccc6)c45)c3)cc2)cc1. The highest BCUT2D eigenvalue weighted by Crippen LogP contribution is 2.47. The van der Waals surface area contributed by atoms with Gasteiger partial charge in [-0.2, -0.15) is 0 Å². The van der Waals surface area contributed by atoms with Crippen LogP contribution in [-0.4, -0.2) is 4.57 Å². The summed E-state index contributed by atoms with van der Waals surface area (Å²) in [5.74, 6) is 0. The van der Waals surface area contributed by atoms with Crippen molar-refractivity contribution in [2.45, 2.75) is 0 Å². The van der Waals surface area contributed by atoms with Crippen molar-refractivity contribution in [3.8, 4) is 39.1 Å². The Morgan fingerprint density at radius 1 is 0.351 bits per heavy atom. The zero-order valence-electron chi connectivity index (χ0n) is 31.1. The van der Waals surface area contributed by atoms with Crippen molar-refractivity contribution in [2.75, 3.05) is 4.90 Å². The summed E-state index contributed by atoms with van der Waals surface area (Å²) in [6.45, 7) is 0. The van der Waals surface area contributed by atoms with E-state index in [2.05, 4.69) is 222 Å². The first-order chi connectivity index (χ1) is 28.3. The molecule has 11 rings (SSSR count). The molecule has 0 atom stereocenters. The van der Waals surface area contributed by atoms with Crippen LogP contribution in [0.15, 0.2) is 223 Å². The van der Waals surface area contributed by atoms with Gasteiger partial charge in [0.2, 0.25) is 0 Å². The Bertz CT molecular complexity index is 3120. The minimum absolute atomic E-state index is 0.880. The van der Waals surface area contributed by atoms with Crippen LogP contribution in [0.25, 0.3) is 82.8 Å². The average molecular weight is 729 g/mol. The lowest BCUT2D eigenvalue weighted by Crippen LogP contribution is -2.10. The van der Waals surface area contributed by atoms with E-state index in [4.69, 9.17) is 4.42 Å². The summed E-state index contributed by atoms with van der Waals surface area (Å²) in [7, 11) is 0. The number of furan rings is 1. The first-order valence-electron chi connectivity index (χ1n) is 19.4. The molecule has 57 heavy (non-hydrogen) atoms. The number of anilines is 3. The molecule has 3 nitrogen and oxygen atoms in total. The second-order valence-corrected chi connectivity index (χ2v) is 14.5. The number of fused-ring (bicyclic) bond motifs is 7. The fraction of sp³-hybridized carbons (Fsp3) is 0. The lowest BCUT2D eigenvalue weighted by atomic mass is 9.97. The number of aromatic nitrogens is 1. The van der Waals surface area contributed by atoms with Crippen LogP contribution in [0.4, 0.5) is 17.1 Å². The van der Waals surface area contributed by atoms with Gasteiger partial charge in [-0.05, 0) is 94.5 Å². The van der Waals surface area contributed by atoms with Crippen LogP contribution < -0.4 is 4.90 Å². The standard InChI is InChI=1S/C54H36N2O/c1-4-15-37(16-5-1)39-27-31-43(32-28-39)55(44-33-29-40(30-34-44)38-17-6-2-7-18-38)45-22-14-19-41(35-45)48-36-51-52(47-24-11-13-26-50(47)57-51)53-46-23-10-12-25-49(46)56(54(48)53)42-20-8-3-9-21-42/h1-36H. The fourth-order valence-corrected chi connectivity index (χ4v) is 8.56. The Balaban J connectivity index is 1.14. The normalized spacial score (nSPS) is 11.5. The third kappa shape index (κ3) is 5.60. The van der Waals surface area contributed by atoms with Crippen LogP contribution >= 0.6 is 0 Å². The van der Waals surface area contributed by atoms with Gasteiger partial charge in [0.25, 0.3) is 0 Å². The van der Waals surface area contributed by atoms with Crippen LogP contribution in [-0.2, 0) is 0 Å². The zero-order valence-corrected chi connectivity index (χ0v) is 31.1. The van der Waals surface area contributed by atoms with E-state index < -0.39 is 0 Å². The molecule has 268 valence electrons. The third-order valence-corrected chi connectivity index (χ3v) is 11.2. The molecule has 0 bridgehead atoms. The lowest BCUT2D eigenvalue weighted by Gasteiger charge is -2.26. The minimum atomic E-state index is 0.880. The van der Waals surface area contributed by atoms with E-state index in [9.17, 15) is 0 Å². The molecule has 0 unspecified atom stereocenters. The maximum Gasteiger partial charge on any atom is 0.136 e. The Morgan fingerprint density at radius 3 is 1.53 bits per heavy atom. The van der Waals surface area contributed by atoms with Gasteiger partial charge in [0.15, 0.2) is 0 Å². The molecule has 0 saturated heterocycles. The summed E-state index contributed by atoms with van der Waals surface area (Å²) in [6, 6.07) is 78.0. The minimum Gasteiger partial charge on any atom is -0.456 e. The van der Waals surface area contributed by atoms with E-state index in [-0.39, 0.29) is 0 Å². The second kappa shape index (κ2) is 13.6. The van der Waals surface area contributed by atoms with Crippen LogP contribution in [0.5, 0.6) is 0 Å². The first kappa shape index (κ1) is 32.8. The molecule has 0 radical (unpaired) electrons. The van der Waals surface area contributed by atoms with Crippen LogP contribution in [0.2, 0.25) is 0 Å². The van der Waals surface area contributed by atoms with Gasteiger partial charge >= 0.3 is 0 Å². The quantitative estimate of drug-likeness (QED) is 0.163. The predicted molar refractivity (Wildman–Crippen MR) is 239 cm³/mol. The molecule has 0 aliphatic rings. The molecule has 0 aliphatic heterocycles. The van der Waals surface area contributed by atoms with Gasteiger partial charge in [0.05, 0.1) is 11.0 Å². The molecule has 0 saturated carbocycles. The molecule has 11 aromatic rings.